The van der Waals surface area contributed by atoms with Crippen molar-refractivity contribution in [3.05, 3.63) is 59.7 Å². The number of hydrogen-bond donors (Lipinski definition) is 1. The van der Waals surface area contributed by atoms with Crippen molar-refractivity contribution in [2.45, 2.75) is 17.6 Å². The third-order valence-electron chi connectivity index (χ3n) is 2.49. The van der Waals surface area contributed by atoms with Gasteiger partial charge in [-0.2, -0.15) is 0 Å². The minimum Gasteiger partial charge on any atom is -0.399 e. The maximum absolute atomic E-state index is 5.88. The highest BCUT2D eigenvalue weighted by Gasteiger charge is 1.98. The molecule has 0 heterocycles. The SMILES string of the molecule is Cc1ccc(CSc2ccccc2)cc1N. The van der Waals surface area contributed by atoms with Crippen molar-refractivity contribution >= 4 is 17.4 Å². The number of thioether (sulfide) groups is 1. The standard InChI is InChI=1S/C14H15NS/c1-11-7-8-12(9-14(11)15)10-16-13-5-3-2-4-6-13/h2-9H,10,15H2,1H3. The first-order valence-electron chi connectivity index (χ1n) is 5.28. The van der Waals surface area contributed by atoms with Crippen molar-refractivity contribution in [1.29, 1.82) is 0 Å². The predicted octanol–water partition coefficient (Wildman–Crippen LogP) is 3.87. The van der Waals surface area contributed by atoms with E-state index in [1.165, 1.54) is 10.5 Å². The van der Waals surface area contributed by atoms with Gasteiger partial charge in [-0.3, -0.25) is 0 Å². The Bertz CT molecular complexity index is 465. The second kappa shape index (κ2) is 5.08. The number of rotatable bonds is 3. The lowest BCUT2D eigenvalue weighted by molar-refractivity contribution is 1.35. The Morgan fingerprint density at radius 1 is 1.06 bits per heavy atom. The Morgan fingerprint density at radius 2 is 1.81 bits per heavy atom. The quantitative estimate of drug-likeness (QED) is 0.638. The van der Waals surface area contributed by atoms with Crippen LogP contribution < -0.4 is 5.73 Å². The molecule has 2 rings (SSSR count). The fraction of sp³-hybridized carbons (Fsp3) is 0.143. The van der Waals surface area contributed by atoms with Crippen molar-refractivity contribution in [2.24, 2.45) is 0 Å². The molecule has 0 aliphatic carbocycles. The second-order valence-corrected chi connectivity index (χ2v) is 4.84. The summed E-state index contributed by atoms with van der Waals surface area (Å²) in [5, 5.41) is 0. The zero-order valence-electron chi connectivity index (χ0n) is 9.31. The number of hydrogen-bond acceptors (Lipinski definition) is 2. The molecule has 0 spiro atoms. The zero-order chi connectivity index (χ0) is 11.4. The fourth-order valence-electron chi connectivity index (χ4n) is 1.46. The van der Waals surface area contributed by atoms with Gasteiger partial charge in [0.2, 0.25) is 0 Å². The molecule has 0 unspecified atom stereocenters. The number of nitrogens with two attached hydrogens (primary N) is 1. The third kappa shape index (κ3) is 2.80. The number of nitrogen functional groups attached to an aromatic ring is 1. The molecule has 1 nitrogen and oxygen atoms in total. The first-order valence-corrected chi connectivity index (χ1v) is 6.27. The molecule has 0 aliphatic rings. The summed E-state index contributed by atoms with van der Waals surface area (Å²) in [6.45, 7) is 2.03. The van der Waals surface area contributed by atoms with Gasteiger partial charge < -0.3 is 5.73 Å². The summed E-state index contributed by atoms with van der Waals surface area (Å²) >= 11 is 1.83. The maximum Gasteiger partial charge on any atom is 0.0346 e. The summed E-state index contributed by atoms with van der Waals surface area (Å²) in [6.07, 6.45) is 0. The van der Waals surface area contributed by atoms with Crippen LogP contribution in [0.2, 0.25) is 0 Å². The van der Waals surface area contributed by atoms with Crippen LogP contribution in [0, 0.1) is 6.92 Å². The zero-order valence-corrected chi connectivity index (χ0v) is 10.1. The Kier molecular flexibility index (Phi) is 3.52. The number of anilines is 1. The highest BCUT2D eigenvalue weighted by atomic mass is 32.2. The van der Waals surface area contributed by atoms with E-state index in [1.807, 2.05) is 24.8 Å². The number of aryl methyl sites for hydroxylation is 1. The molecule has 0 aromatic heterocycles. The molecule has 0 amide bonds. The van der Waals surface area contributed by atoms with Gasteiger partial charge in [0.25, 0.3) is 0 Å². The average Bonchev–Trinajstić information content (AvgIpc) is 2.32. The van der Waals surface area contributed by atoms with Crippen molar-refractivity contribution in [3.63, 3.8) is 0 Å². The lowest BCUT2D eigenvalue weighted by Gasteiger charge is -2.05. The van der Waals surface area contributed by atoms with Crippen molar-refractivity contribution in [3.8, 4) is 0 Å². The van der Waals surface area contributed by atoms with Crippen LogP contribution in [-0.4, -0.2) is 0 Å². The van der Waals surface area contributed by atoms with Crippen LogP contribution in [-0.2, 0) is 5.75 Å². The van der Waals surface area contributed by atoms with E-state index < -0.39 is 0 Å². The monoisotopic (exact) mass is 229 g/mol. The molecular weight excluding hydrogens is 214 g/mol. The van der Waals surface area contributed by atoms with E-state index in [0.717, 1.165) is 17.0 Å². The van der Waals surface area contributed by atoms with Crippen LogP contribution in [0.25, 0.3) is 0 Å². The first-order chi connectivity index (χ1) is 7.75. The van der Waals surface area contributed by atoms with Crippen molar-refractivity contribution in [2.75, 3.05) is 5.73 Å². The molecule has 0 bridgehead atoms. The summed E-state index contributed by atoms with van der Waals surface area (Å²) in [7, 11) is 0. The molecule has 82 valence electrons. The van der Waals surface area contributed by atoms with E-state index >= 15 is 0 Å². The minimum absolute atomic E-state index is 0.881. The van der Waals surface area contributed by atoms with E-state index in [2.05, 4.69) is 42.5 Å². The number of benzene rings is 2. The Hall–Kier alpha value is -1.41. The molecule has 0 atom stereocenters. The average molecular weight is 229 g/mol. The third-order valence-corrected chi connectivity index (χ3v) is 3.58. The summed E-state index contributed by atoms with van der Waals surface area (Å²) in [5.41, 5.74) is 9.18. The maximum atomic E-state index is 5.88. The lowest BCUT2D eigenvalue weighted by atomic mass is 10.1. The van der Waals surface area contributed by atoms with E-state index in [0.29, 0.717) is 0 Å². The van der Waals surface area contributed by atoms with Gasteiger partial charge in [-0.15, -0.1) is 11.8 Å². The minimum atomic E-state index is 0.881. The van der Waals surface area contributed by atoms with Gasteiger partial charge >= 0.3 is 0 Å². The van der Waals surface area contributed by atoms with Crippen LogP contribution in [0.1, 0.15) is 11.1 Å². The molecule has 2 aromatic rings. The molecule has 0 radical (unpaired) electrons. The highest BCUT2D eigenvalue weighted by Crippen LogP contribution is 2.23. The largest absolute Gasteiger partial charge is 0.399 e. The van der Waals surface area contributed by atoms with Crippen LogP contribution >= 0.6 is 11.8 Å². The molecule has 2 N–H and O–H groups in total. The lowest BCUT2D eigenvalue weighted by Crippen LogP contribution is -1.91. The summed E-state index contributed by atoms with van der Waals surface area (Å²) in [4.78, 5) is 1.29. The molecule has 0 fully saturated rings. The Balaban J connectivity index is 2.03. The molecule has 0 saturated heterocycles. The fourth-order valence-corrected chi connectivity index (χ4v) is 2.33. The van der Waals surface area contributed by atoms with Crippen LogP contribution in [0.4, 0.5) is 5.69 Å². The predicted molar refractivity (Wildman–Crippen MR) is 71.6 cm³/mol. The van der Waals surface area contributed by atoms with Gasteiger partial charge in [-0.05, 0) is 36.2 Å². The van der Waals surface area contributed by atoms with Crippen LogP contribution in [0.5, 0.6) is 0 Å². The Labute approximate surface area is 101 Å². The van der Waals surface area contributed by atoms with Gasteiger partial charge in [0.15, 0.2) is 0 Å². The van der Waals surface area contributed by atoms with Gasteiger partial charge in [-0.25, -0.2) is 0 Å². The molecule has 0 aliphatic heterocycles. The van der Waals surface area contributed by atoms with Crippen molar-refractivity contribution < 1.29 is 0 Å². The topological polar surface area (TPSA) is 26.0 Å². The van der Waals surface area contributed by atoms with Gasteiger partial charge in [-0.1, -0.05) is 30.3 Å². The van der Waals surface area contributed by atoms with E-state index in [1.54, 1.807) is 0 Å². The van der Waals surface area contributed by atoms with E-state index in [-0.39, 0.29) is 0 Å². The highest BCUT2D eigenvalue weighted by molar-refractivity contribution is 7.98. The van der Waals surface area contributed by atoms with E-state index in [4.69, 9.17) is 5.73 Å². The van der Waals surface area contributed by atoms with Gasteiger partial charge in [0.05, 0.1) is 0 Å². The first kappa shape index (κ1) is 11.1. The molecule has 2 heteroatoms. The van der Waals surface area contributed by atoms with Crippen LogP contribution in [0.15, 0.2) is 53.4 Å². The Morgan fingerprint density at radius 3 is 2.50 bits per heavy atom. The molecule has 2 aromatic carbocycles. The molecular formula is C14H15NS. The summed E-state index contributed by atoms with van der Waals surface area (Å²) in [6, 6.07) is 16.7. The summed E-state index contributed by atoms with van der Waals surface area (Å²) in [5.74, 6) is 0.967. The van der Waals surface area contributed by atoms with E-state index in [9.17, 15) is 0 Å². The van der Waals surface area contributed by atoms with Gasteiger partial charge in [0, 0.05) is 16.3 Å². The smallest absolute Gasteiger partial charge is 0.0346 e. The van der Waals surface area contributed by atoms with Crippen LogP contribution in [0.3, 0.4) is 0 Å². The van der Waals surface area contributed by atoms with Crippen molar-refractivity contribution in [1.82, 2.24) is 0 Å². The molecule has 0 saturated carbocycles. The van der Waals surface area contributed by atoms with Gasteiger partial charge in [0.1, 0.15) is 0 Å². The normalized spacial score (nSPS) is 10.3. The summed E-state index contributed by atoms with van der Waals surface area (Å²) < 4.78 is 0. The molecule has 16 heavy (non-hydrogen) atoms. The second-order valence-electron chi connectivity index (χ2n) is 3.79.